The minimum Gasteiger partial charge on any atom is -0.287 e. The van der Waals surface area contributed by atoms with Gasteiger partial charge in [-0.3, -0.25) is 4.79 Å². The van der Waals surface area contributed by atoms with E-state index in [0.29, 0.717) is 0 Å². The number of halogens is 1. The van der Waals surface area contributed by atoms with E-state index in [1.54, 1.807) is 22.7 Å². The zero-order chi connectivity index (χ0) is 11.9. The Kier molecular flexibility index (Phi) is 3.33. The molecule has 0 saturated heterocycles. The molecule has 2 heterocycles. The number of hydrogen-bond acceptors (Lipinski definition) is 3. The first-order chi connectivity index (χ1) is 7.49. The molecular weight excluding hydrogens is 304 g/mol. The summed E-state index contributed by atoms with van der Waals surface area (Å²) in [4.78, 5) is 16.2. The molecule has 0 unspecified atom stereocenters. The molecule has 16 heavy (non-hydrogen) atoms. The van der Waals surface area contributed by atoms with Crippen LogP contribution in [0.2, 0.25) is 0 Å². The van der Waals surface area contributed by atoms with E-state index in [0.717, 1.165) is 19.1 Å². The lowest BCUT2D eigenvalue weighted by atomic mass is 10.2. The van der Waals surface area contributed by atoms with Crippen LogP contribution in [0.1, 0.15) is 29.9 Å². The van der Waals surface area contributed by atoms with Crippen LogP contribution in [0.4, 0.5) is 0 Å². The summed E-state index contributed by atoms with van der Waals surface area (Å²) in [6.07, 6.45) is 0. The summed E-state index contributed by atoms with van der Waals surface area (Å²) >= 11 is 6.56. The normalized spacial score (nSPS) is 10.8. The van der Waals surface area contributed by atoms with Crippen molar-refractivity contribution in [2.24, 2.45) is 0 Å². The standard InChI is InChI=1S/C12H11BrOS2/c1-6-4-10(15-7(6)2)12(14)11-5-9(13)8(3)16-11/h4-5H,1-3H3. The Morgan fingerprint density at radius 1 is 1.06 bits per heavy atom. The van der Waals surface area contributed by atoms with Gasteiger partial charge in [0, 0.05) is 14.2 Å². The molecule has 2 aromatic heterocycles. The predicted octanol–water partition coefficient (Wildman–Crippen LogP) is 4.73. The Labute approximate surface area is 111 Å². The molecule has 0 fully saturated rings. The SMILES string of the molecule is Cc1cc(C(=O)c2cc(Br)c(C)s2)sc1C. The molecule has 0 bridgehead atoms. The Morgan fingerprint density at radius 3 is 2.06 bits per heavy atom. The first-order valence-corrected chi connectivity index (χ1v) is 7.29. The van der Waals surface area contributed by atoms with Gasteiger partial charge in [0.25, 0.3) is 0 Å². The Hall–Kier alpha value is -0.450. The molecule has 0 aromatic carbocycles. The van der Waals surface area contributed by atoms with Crippen LogP contribution in [0, 0.1) is 20.8 Å². The van der Waals surface area contributed by atoms with Gasteiger partial charge in [0.2, 0.25) is 5.78 Å². The van der Waals surface area contributed by atoms with Gasteiger partial charge >= 0.3 is 0 Å². The van der Waals surface area contributed by atoms with E-state index in [2.05, 4.69) is 15.9 Å². The van der Waals surface area contributed by atoms with Gasteiger partial charge in [0.05, 0.1) is 9.75 Å². The Bertz CT molecular complexity index is 464. The van der Waals surface area contributed by atoms with Crippen LogP contribution in [0.25, 0.3) is 0 Å². The third-order valence-electron chi connectivity index (χ3n) is 2.47. The largest absolute Gasteiger partial charge is 0.287 e. The van der Waals surface area contributed by atoms with Crippen molar-refractivity contribution in [2.45, 2.75) is 20.8 Å². The fourth-order valence-electron chi connectivity index (χ4n) is 1.38. The summed E-state index contributed by atoms with van der Waals surface area (Å²) in [5.74, 6) is 0.139. The lowest BCUT2D eigenvalue weighted by molar-refractivity contribution is 0.104. The van der Waals surface area contributed by atoms with E-state index in [4.69, 9.17) is 0 Å². The minimum absolute atomic E-state index is 0.139. The number of carbonyl (C=O) groups excluding carboxylic acids is 1. The number of hydrogen-bond donors (Lipinski definition) is 0. The molecule has 0 aliphatic rings. The summed E-state index contributed by atoms with van der Waals surface area (Å²) in [5.41, 5.74) is 1.20. The highest BCUT2D eigenvalue weighted by Gasteiger charge is 2.16. The van der Waals surface area contributed by atoms with Gasteiger partial charge in [-0.25, -0.2) is 0 Å². The quantitative estimate of drug-likeness (QED) is 0.732. The fourth-order valence-corrected chi connectivity index (χ4v) is 3.92. The summed E-state index contributed by atoms with van der Waals surface area (Å²) < 4.78 is 1.02. The molecule has 0 N–H and O–H groups in total. The minimum atomic E-state index is 0.139. The van der Waals surface area contributed by atoms with Crippen molar-refractivity contribution in [1.82, 2.24) is 0 Å². The molecule has 4 heteroatoms. The molecule has 2 rings (SSSR count). The van der Waals surface area contributed by atoms with Crippen LogP contribution in [0.5, 0.6) is 0 Å². The average Bonchev–Trinajstić information content (AvgIpc) is 2.72. The molecule has 0 aliphatic heterocycles. The zero-order valence-corrected chi connectivity index (χ0v) is 12.5. The second-order valence-corrected chi connectivity index (χ2v) is 7.06. The molecule has 0 amide bonds. The smallest absolute Gasteiger partial charge is 0.212 e. The van der Waals surface area contributed by atoms with Gasteiger partial charge in [-0.15, -0.1) is 22.7 Å². The van der Waals surface area contributed by atoms with Crippen LogP contribution in [0.3, 0.4) is 0 Å². The van der Waals surface area contributed by atoms with Crippen molar-refractivity contribution >= 4 is 44.4 Å². The van der Waals surface area contributed by atoms with Crippen molar-refractivity contribution in [2.75, 3.05) is 0 Å². The van der Waals surface area contributed by atoms with Crippen LogP contribution >= 0.6 is 38.6 Å². The highest BCUT2D eigenvalue weighted by molar-refractivity contribution is 9.10. The third kappa shape index (κ3) is 2.14. The first-order valence-electron chi connectivity index (χ1n) is 4.86. The van der Waals surface area contributed by atoms with Gasteiger partial charge in [0.15, 0.2) is 0 Å². The monoisotopic (exact) mass is 314 g/mol. The second-order valence-electron chi connectivity index (χ2n) is 3.69. The lowest BCUT2D eigenvalue weighted by Gasteiger charge is -1.91. The zero-order valence-electron chi connectivity index (χ0n) is 9.26. The number of ketones is 1. The van der Waals surface area contributed by atoms with E-state index in [1.165, 1.54) is 10.4 Å². The van der Waals surface area contributed by atoms with Gasteiger partial charge in [0.1, 0.15) is 0 Å². The Balaban J connectivity index is 2.38. The van der Waals surface area contributed by atoms with Crippen molar-refractivity contribution in [3.8, 4) is 0 Å². The van der Waals surface area contributed by atoms with E-state index < -0.39 is 0 Å². The van der Waals surface area contributed by atoms with Crippen LogP contribution < -0.4 is 0 Å². The van der Waals surface area contributed by atoms with Crippen LogP contribution in [-0.4, -0.2) is 5.78 Å². The van der Waals surface area contributed by atoms with Crippen molar-refractivity contribution in [3.63, 3.8) is 0 Å². The maximum atomic E-state index is 12.2. The van der Waals surface area contributed by atoms with Gasteiger partial charge in [-0.1, -0.05) is 0 Å². The summed E-state index contributed by atoms with van der Waals surface area (Å²) in [5, 5.41) is 0. The molecular formula is C12H11BrOS2. The van der Waals surface area contributed by atoms with Crippen LogP contribution in [-0.2, 0) is 0 Å². The van der Waals surface area contributed by atoms with E-state index in [1.807, 2.05) is 32.9 Å². The van der Waals surface area contributed by atoms with Crippen LogP contribution in [0.15, 0.2) is 16.6 Å². The highest BCUT2D eigenvalue weighted by atomic mass is 79.9. The van der Waals surface area contributed by atoms with Gasteiger partial charge < -0.3 is 0 Å². The summed E-state index contributed by atoms with van der Waals surface area (Å²) in [6.45, 7) is 6.10. The molecule has 0 saturated carbocycles. The maximum Gasteiger partial charge on any atom is 0.212 e. The first kappa shape index (κ1) is 12.0. The molecule has 0 radical (unpaired) electrons. The topological polar surface area (TPSA) is 17.1 Å². The van der Waals surface area contributed by atoms with E-state index in [-0.39, 0.29) is 5.78 Å². The van der Waals surface area contributed by atoms with E-state index >= 15 is 0 Å². The number of aryl methyl sites for hydroxylation is 3. The number of carbonyl (C=O) groups is 1. The van der Waals surface area contributed by atoms with Crippen molar-refractivity contribution in [3.05, 3.63) is 41.7 Å². The summed E-state index contributed by atoms with van der Waals surface area (Å²) in [7, 11) is 0. The molecule has 0 aliphatic carbocycles. The number of thiophene rings is 2. The number of rotatable bonds is 2. The predicted molar refractivity (Wildman–Crippen MR) is 74.0 cm³/mol. The lowest BCUT2D eigenvalue weighted by Crippen LogP contribution is -1.94. The van der Waals surface area contributed by atoms with Crippen molar-refractivity contribution in [1.29, 1.82) is 0 Å². The van der Waals surface area contributed by atoms with E-state index in [9.17, 15) is 4.79 Å². The molecule has 0 spiro atoms. The maximum absolute atomic E-state index is 12.2. The highest BCUT2D eigenvalue weighted by Crippen LogP contribution is 2.30. The average molecular weight is 315 g/mol. The van der Waals surface area contributed by atoms with Gasteiger partial charge in [-0.05, 0) is 54.4 Å². The fraction of sp³-hybridized carbons (Fsp3) is 0.250. The molecule has 2 aromatic rings. The summed E-state index contributed by atoms with van der Waals surface area (Å²) in [6, 6.07) is 3.89. The van der Waals surface area contributed by atoms with Gasteiger partial charge in [-0.2, -0.15) is 0 Å². The Morgan fingerprint density at radius 2 is 1.62 bits per heavy atom. The van der Waals surface area contributed by atoms with Crippen molar-refractivity contribution < 1.29 is 4.79 Å². The third-order valence-corrected chi connectivity index (χ3v) is 5.76. The molecule has 0 atom stereocenters. The molecule has 84 valence electrons. The molecule has 1 nitrogen and oxygen atoms in total. The second kappa shape index (κ2) is 4.43.